The highest BCUT2D eigenvalue weighted by Crippen LogP contribution is 2.33. The van der Waals surface area contributed by atoms with Gasteiger partial charge in [-0.05, 0) is 25.0 Å². The highest BCUT2D eigenvalue weighted by molar-refractivity contribution is 5.60. The molecule has 0 unspecified atom stereocenters. The van der Waals surface area contributed by atoms with E-state index in [0.29, 0.717) is 6.54 Å². The second-order valence-corrected chi connectivity index (χ2v) is 5.56. The first-order valence-corrected chi connectivity index (χ1v) is 6.53. The van der Waals surface area contributed by atoms with E-state index in [2.05, 4.69) is 4.90 Å². The Morgan fingerprint density at radius 1 is 1.60 bits per heavy atom. The molecule has 1 aromatic rings. The minimum absolute atomic E-state index is 0.0729. The van der Waals surface area contributed by atoms with Crippen LogP contribution >= 0.6 is 0 Å². The predicted molar refractivity (Wildman–Crippen MR) is 74.5 cm³/mol. The summed E-state index contributed by atoms with van der Waals surface area (Å²) in [7, 11) is 0. The first kappa shape index (κ1) is 14.3. The molecule has 20 heavy (non-hydrogen) atoms. The lowest BCUT2D eigenvalue weighted by Crippen LogP contribution is -2.43. The van der Waals surface area contributed by atoms with Gasteiger partial charge in [-0.15, -0.1) is 0 Å². The Balaban J connectivity index is 2.30. The maximum Gasteiger partial charge on any atom is 0.287 e. The summed E-state index contributed by atoms with van der Waals surface area (Å²) in [6, 6.07) is 6.47. The molecule has 106 valence electrons. The first-order chi connectivity index (χ1) is 9.49. The Kier molecular flexibility index (Phi) is 3.91. The maximum absolute atomic E-state index is 10.8. The zero-order valence-electron chi connectivity index (χ0n) is 11.4. The predicted octanol–water partition coefficient (Wildman–Crippen LogP) is 2.07. The summed E-state index contributed by atoms with van der Waals surface area (Å²) in [5.41, 5.74) is 0.542. The van der Waals surface area contributed by atoms with E-state index in [0.717, 1.165) is 25.1 Å². The number of rotatable bonds is 3. The van der Waals surface area contributed by atoms with E-state index in [4.69, 9.17) is 5.26 Å². The van der Waals surface area contributed by atoms with Gasteiger partial charge in [0, 0.05) is 30.3 Å². The topological polar surface area (TPSA) is 90.4 Å². The molecule has 1 fully saturated rings. The van der Waals surface area contributed by atoms with Crippen molar-refractivity contribution in [3.05, 3.63) is 33.9 Å². The van der Waals surface area contributed by atoms with Crippen LogP contribution in [0.3, 0.4) is 0 Å². The number of nitriles is 1. The van der Waals surface area contributed by atoms with Gasteiger partial charge in [0.05, 0.1) is 11.5 Å². The Morgan fingerprint density at radius 2 is 2.35 bits per heavy atom. The third-order valence-electron chi connectivity index (χ3n) is 3.83. The van der Waals surface area contributed by atoms with Crippen LogP contribution in [0.4, 0.5) is 11.4 Å². The summed E-state index contributed by atoms with van der Waals surface area (Å²) in [5.74, 6) is 0. The van der Waals surface area contributed by atoms with E-state index in [9.17, 15) is 15.2 Å². The monoisotopic (exact) mass is 275 g/mol. The van der Waals surface area contributed by atoms with E-state index in [1.807, 2.05) is 13.0 Å². The smallest absolute Gasteiger partial charge is 0.287 e. The average Bonchev–Trinajstić information content (AvgIpc) is 2.46. The molecule has 1 N–H and O–H groups in total. The highest BCUT2D eigenvalue weighted by atomic mass is 16.6. The van der Waals surface area contributed by atoms with Crippen molar-refractivity contribution in [2.45, 2.75) is 19.8 Å². The van der Waals surface area contributed by atoms with E-state index in [1.165, 1.54) is 6.07 Å². The zero-order chi connectivity index (χ0) is 14.8. The molecule has 6 nitrogen and oxygen atoms in total. The number of hydrogen-bond donors (Lipinski definition) is 1. The SMILES string of the molecule is C[C@@]1(CO)CCCN(c2ccc([N+](=O)[O-])c(C#N)c2)C1. The van der Waals surface area contributed by atoms with Crippen LogP contribution in [0, 0.1) is 26.9 Å². The fourth-order valence-electron chi connectivity index (χ4n) is 2.63. The van der Waals surface area contributed by atoms with Crippen molar-refractivity contribution < 1.29 is 10.0 Å². The average molecular weight is 275 g/mol. The Hall–Kier alpha value is -2.13. The molecule has 0 bridgehead atoms. The van der Waals surface area contributed by atoms with Gasteiger partial charge in [-0.3, -0.25) is 10.1 Å². The van der Waals surface area contributed by atoms with Crippen LogP contribution in [0.1, 0.15) is 25.3 Å². The summed E-state index contributed by atoms with van der Waals surface area (Å²) in [4.78, 5) is 12.4. The summed E-state index contributed by atoms with van der Waals surface area (Å²) in [6.45, 7) is 3.65. The Morgan fingerprint density at radius 3 is 2.95 bits per heavy atom. The van der Waals surface area contributed by atoms with Crippen LogP contribution in [0.25, 0.3) is 0 Å². The minimum Gasteiger partial charge on any atom is -0.396 e. The maximum atomic E-state index is 10.8. The lowest BCUT2D eigenvalue weighted by Gasteiger charge is -2.40. The fraction of sp³-hybridized carbons (Fsp3) is 0.500. The summed E-state index contributed by atoms with van der Waals surface area (Å²) >= 11 is 0. The number of aliphatic hydroxyl groups excluding tert-OH is 1. The molecule has 0 saturated carbocycles. The van der Waals surface area contributed by atoms with Crippen LogP contribution in [-0.4, -0.2) is 29.7 Å². The number of nitro groups is 1. The van der Waals surface area contributed by atoms with Gasteiger partial charge in [-0.25, -0.2) is 0 Å². The van der Waals surface area contributed by atoms with Crippen LogP contribution in [0.2, 0.25) is 0 Å². The van der Waals surface area contributed by atoms with Gasteiger partial charge in [-0.2, -0.15) is 5.26 Å². The molecule has 6 heteroatoms. The highest BCUT2D eigenvalue weighted by Gasteiger charge is 2.31. The number of anilines is 1. The van der Waals surface area contributed by atoms with Crippen molar-refractivity contribution in [1.82, 2.24) is 0 Å². The van der Waals surface area contributed by atoms with E-state index in [1.54, 1.807) is 12.1 Å². The van der Waals surface area contributed by atoms with Gasteiger partial charge in [-0.1, -0.05) is 6.92 Å². The molecule has 0 amide bonds. The lowest BCUT2D eigenvalue weighted by atomic mass is 9.82. The summed E-state index contributed by atoms with van der Waals surface area (Å²) in [6.07, 6.45) is 1.91. The van der Waals surface area contributed by atoms with Gasteiger partial charge in [0.25, 0.3) is 5.69 Å². The molecule has 1 atom stereocenters. The van der Waals surface area contributed by atoms with Crippen molar-refractivity contribution in [3.8, 4) is 6.07 Å². The molecule has 1 aliphatic heterocycles. The van der Waals surface area contributed by atoms with Gasteiger partial charge in [0.15, 0.2) is 0 Å². The second-order valence-electron chi connectivity index (χ2n) is 5.56. The zero-order valence-corrected chi connectivity index (χ0v) is 11.4. The van der Waals surface area contributed by atoms with Gasteiger partial charge < -0.3 is 10.0 Å². The first-order valence-electron chi connectivity index (χ1n) is 6.53. The standard InChI is InChI=1S/C14H17N3O3/c1-14(10-18)5-2-6-16(9-14)12-3-4-13(17(19)20)11(7-12)8-15/h3-4,7,18H,2,5-6,9-10H2,1H3/t14-/m1/s1. The van der Waals surface area contributed by atoms with Crippen LogP contribution in [0.15, 0.2) is 18.2 Å². The molecule has 0 radical (unpaired) electrons. The van der Waals surface area contributed by atoms with Crippen molar-refractivity contribution >= 4 is 11.4 Å². The quantitative estimate of drug-likeness (QED) is 0.673. The lowest BCUT2D eigenvalue weighted by molar-refractivity contribution is -0.385. The molecule has 1 aliphatic rings. The number of aliphatic hydroxyl groups is 1. The Labute approximate surface area is 117 Å². The molecule has 1 saturated heterocycles. The van der Waals surface area contributed by atoms with Crippen molar-refractivity contribution in [3.63, 3.8) is 0 Å². The van der Waals surface area contributed by atoms with Crippen molar-refractivity contribution in [2.24, 2.45) is 5.41 Å². The number of nitrogens with zero attached hydrogens (tertiary/aromatic N) is 3. The molecule has 0 aliphatic carbocycles. The van der Waals surface area contributed by atoms with Crippen LogP contribution in [0.5, 0.6) is 0 Å². The number of hydrogen-bond acceptors (Lipinski definition) is 5. The van der Waals surface area contributed by atoms with Gasteiger partial charge >= 0.3 is 0 Å². The van der Waals surface area contributed by atoms with E-state index >= 15 is 0 Å². The molecule has 2 rings (SSSR count). The number of nitro benzene ring substituents is 1. The minimum atomic E-state index is -0.545. The summed E-state index contributed by atoms with van der Waals surface area (Å²) in [5, 5.41) is 29.3. The van der Waals surface area contributed by atoms with Crippen LogP contribution < -0.4 is 4.90 Å². The molecule has 0 aromatic heterocycles. The van der Waals surface area contributed by atoms with E-state index < -0.39 is 4.92 Å². The normalized spacial score (nSPS) is 22.4. The fourth-order valence-corrected chi connectivity index (χ4v) is 2.63. The molecule has 1 aromatic carbocycles. The summed E-state index contributed by atoms with van der Waals surface area (Å²) < 4.78 is 0. The third-order valence-corrected chi connectivity index (χ3v) is 3.83. The number of benzene rings is 1. The van der Waals surface area contributed by atoms with Crippen LogP contribution in [-0.2, 0) is 0 Å². The van der Waals surface area contributed by atoms with Gasteiger partial charge in [0.1, 0.15) is 11.6 Å². The van der Waals surface area contributed by atoms with Crippen molar-refractivity contribution in [2.75, 3.05) is 24.6 Å². The molecular weight excluding hydrogens is 258 g/mol. The third kappa shape index (κ3) is 2.73. The molecule has 0 spiro atoms. The second kappa shape index (κ2) is 5.47. The number of piperidine rings is 1. The van der Waals surface area contributed by atoms with Crippen molar-refractivity contribution in [1.29, 1.82) is 5.26 Å². The Bertz CT molecular complexity index is 567. The van der Waals surface area contributed by atoms with Gasteiger partial charge in [0.2, 0.25) is 0 Å². The molecule has 1 heterocycles. The van der Waals surface area contributed by atoms with E-state index in [-0.39, 0.29) is 23.3 Å². The molecular formula is C14H17N3O3. The largest absolute Gasteiger partial charge is 0.396 e.